The zero-order valence-corrected chi connectivity index (χ0v) is 13.0. The van der Waals surface area contributed by atoms with Crippen molar-refractivity contribution in [3.05, 3.63) is 68.7 Å². The van der Waals surface area contributed by atoms with Gasteiger partial charge < -0.3 is 5.32 Å². The molecule has 1 aliphatic rings. The highest BCUT2D eigenvalue weighted by molar-refractivity contribution is 9.10. The average molecular weight is 351 g/mol. The lowest BCUT2D eigenvalue weighted by atomic mass is 10.1. The number of nitrogens with one attached hydrogen (secondary N) is 1. The van der Waals surface area contributed by atoms with Crippen LogP contribution < -0.4 is 5.32 Å². The fourth-order valence-corrected chi connectivity index (χ4v) is 3.08. The molecule has 0 aliphatic heterocycles. The molecule has 1 aliphatic carbocycles. The highest BCUT2D eigenvalue weighted by atomic mass is 79.9. The van der Waals surface area contributed by atoms with Crippen LogP contribution >= 0.6 is 27.5 Å². The second kappa shape index (κ2) is 5.58. The van der Waals surface area contributed by atoms with Gasteiger partial charge in [0, 0.05) is 10.0 Å². The van der Waals surface area contributed by atoms with Crippen LogP contribution in [0.4, 0.5) is 0 Å². The predicted octanol–water partition coefficient (Wildman–Crippen LogP) is 4.52. The molecule has 2 aromatic rings. The number of halogens is 2. The van der Waals surface area contributed by atoms with E-state index in [4.69, 9.17) is 11.6 Å². The Hall–Kier alpha value is -1.32. The lowest BCUT2D eigenvalue weighted by molar-refractivity contribution is 0.0936. The fourth-order valence-electron chi connectivity index (χ4n) is 2.59. The maximum absolute atomic E-state index is 12.3. The van der Waals surface area contributed by atoms with Gasteiger partial charge in [0.15, 0.2) is 0 Å². The number of fused-ring (bicyclic) bond motifs is 1. The minimum absolute atomic E-state index is 0.0657. The van der Waals surface area contributed by atoms with E-state index in [1.165, 1.54) is 11.1 Å². The van der Waals surface area contributed by atoms with E-state index in [1.807, 2.05) is 12.1 Å². The maximum atomic E-state index is 12.3. The van der Waals surface area contributed by atoms with Gasteiger partial charge in [-0.2, -0.15) is 0 Å². The van der Waals surface area contributed by atoms with Crippen molar-refractivity contribution < 1.29 is 4.79 Å². The number of aryl methyl sites for hydroxylation is 1. The quantitative estimate of drug-likeness (QED) is 0.847. The molecule has 0 bridgehead atoms. The Balaban J connectivity index is 1.79. The molecule has 0 radical (unpaired) electrons. The van der Waals surface area contributed by atoms with E-state index in [0.29, 0.717) is 10.6 Å². The van der Waals surface area contributed by atoms with E-state index in [1.54, 1.807) is 18.2 Å². The smallest absolute Gasteiger partial charge is 0.251 e. The van der Waals surface area contributed by atoms with Crippen molar-refractivity contribution in [2.75, 3.05) is 0 Å². The van der Waals surface area contributed by atoms with Crippen molar-refractivity contribution in [3.8, 4) is 0 Å². The Bertz CT molecular complexity index is 671. The van der Waals surface area contributed by atoms with Crippen LogP contribution in [0.5, 0.6) is 0 Å². The molecule has 2 nitrogen and oxygen atoms in total. The molecule has 4 heteroatoms. The molecule has 102 valence electrons. The van der Waals surface area contributed by atoms with E-state index in [-0.39, 0.29) is 11.9 Å². The van der Waals surface area contributed by atoms with Crippen molar-refractivity contribution in [1.82, 2.24) is 5.32 Å². The van der Waals surface area contributed by atoms with E-state index in [9.17, 15) is 4.79 Å². The first-order valence-electron chi connectivity index (χ1n) is 6.49. The third-order valence-corrected chi connectivity index (χ3v) is 4.83. The summed E-state index contributed by atoms with van der Waals surface area (Å²) in [5, 5.41) is 3.70. The molecule has 0 saturated heterocycles. The SMILES string of the molecule is O=C(NC1CCc2ccccc21)c1ccc(Cl)c(Br)c1. The lowest BCUT2D eigenvalue weighted by Gasteiger charge is -2.14. The van der Waals surface area contributed by atoms with Crippen LogP contribution in [0.15, 0.2) is 46.9 Å². The van der Waals surface area contributed by atoms with E-state index in [0.717, 1.165) is 17.3 Å². The van der Waals surface area contributed by atoms with Gasteiger partial charge in [0.05, 0.1) is 11.1 Å². The van der Waals surface area contributed by atoms with Gasteiger partial charge in [-0.25, -0.2) is 0 Å². The zero-order valence-electron chi connectivity index (χ0n) is 10.7. The summed E-state index contributed by atoms with van der Waals surface area (Å²) in [6.45, 7) is 0. The Morgan fingerprint density at radius 3 is 2.85 bits per heavy atom. The second-order valence-corrected chi connectivity index (χ2v) is 6.15. The topological polar surface area (TPSA) is 29.1 Å². The molecule has 1 amide bonds. The van der Waals surface area contributed by atoms with Gasteiger partial charge in [0.25, 0.3) is 5.91 Å². The van der Waals surface area contributed by atoms with Crippen molar-refractivity contribution in [3.63, 3.8) is 0 Å². The van der Waals surface area contributed by atoms with Gasteiger partial charge in [-0.05, 0) is 58.1 Å². The maximum Gasteiger partial charge on any atom is 0.251 e. The molecule has 1 N–H and O–H groups in total. The number of carbonyl (C=O) groups excluding carboxylic acids is 1. The standard InChI is InChI=1S/C16H13BrClNO/c17-13-9-11(5-7-14(13)18)16(20)19-15-8-6-10-3-1-2-4-12(10)15/h1-5,7,9,15H,6,8H2,(H,19,20). The monoisotopic (exact) mass is 349 g/mol. The lowest BCUT2D eigenvalue weighted by Crippen LogP contribution is -2.27. The Morgan fingerprint density at radius 2 is 2.05 bits per heavy atom. The molecular formula is C16H13BrClNO. The van der Waals surface area contributed by atoms with Crippen molar-refractivity contribution in [2.45, 2.75) is 18.9 Å². The van der Waals surface area contributed by atoms with Crippen LogP contribution in [0.3, 0.4) is 0 Å². The van der Waals surface area contributed by atoms with Crippen LogP contribution in [0.2, 0.25) is 5.02 Å². The largest absolute Gasteiger partial charge is 0.345 e. The predicted molar refractivity (Wildman–Crippen MR) is 84.1 cm³/mol. The first-order chi connectivity index (χ1) is 9.65. The molecule has 3 rings (SSSR count). The summed E-state index contributed by atoms with van der Waals surface area (Å²) < 4.78 is 0.735. The molecule has 0 heterocycles. The molecular weight excluding hydrogens is 338 g/mol. The fraction of sp³-hybridized carbons (Fsp3) is 0.188. The summed E-state index contributed by atoms with van der Waals surface area (Å²) in [6.07, 6.45) is 1.98. The number of carbonyl (C=O) groups is 1. The summed E-state index contributed by atoms with van der Waals surface area (Å²) in [5.74, 6) is -0.0657. The normalized spacial score (nSPS) is 16.8. The summed E-state index contributed by atoms with van der Waals surface area (Å²) in [5.41, 5.74) is 3.18. The summed E-state index contributed by atoms with van der Waals surface area (Å²) in [6, 6.07) is 13.6. The molecule has 2 aromatic carbocycles. The van der Waals surface area contributed by atoms with Crippen LogP contribution in [-0.4, -0.2) is 5.91 Å². The molecule has 0 spiro atoms. The van der Waals surface area contributed by atoms with Crippen LogP contribution in [-0.2, 0) is 6.42 Å². The molecule has 0 fully saturated rings. The van der Waals surface area contributed by atoms with E-state index >= 15 is 0 Å². The van der Waals surface area contributed by atoms with Crippen molar-refractivity contribution >= 4 is 33.4 Å². The van der Waals surface area contributed by atoms with Gasteiger partial charge in [-0.1, -0.05) is 35.9 Å². The highest BCUT2D eigenvalue weighted by Crippen LogP contribution is 2.31. The number of amides is 1. The van der Waals surface area contributed by atoms with Gasteiger partial charge in [0.1, 0.15) is 0 Å². The van der Waals surface area contributed by atoms with E-state index < -0.39 is 0 Å². The van der Waals surface area contributed by atoms with Gasteiger partial charge in [0.2, 0.25) is 0 Å². The number of hydrogen-bond donors (Lipinski definition) is 1. The number of hydrogen-bond acceptors (Lipinski definition) is 1. The van der Waals surface area contributed by atoms with Gasteiger partial charge >= 0.3 is 0 Å². The third-order valence-electron chi connectivity index (χ3n) is 3.62. The molecule has 1 unspecified atom stereocenters. The molecule has 0 saturated carbocycles. The highest BCUT2D eigenvalue weighted by Gasteiger charge is 2.23. The second-order valence-electron chi connectivity index (χ2n) is 4.89. The summed E-state index contributed by atoms with van der Waals surface area (Å²) in [7, 11) is 0. The Labute approximate surface area is 131 Å². The first-order valence-corrected chi connectivity index (χ1v) is 7.66. The number of rotatable bonds is 2. The van der Waals surface area contributed by atoms with Crippen molar-refractivity contribution in [1.29, 1.82) is 0 Å². The molecule has 0 aromatic heterocycles. The Kier molecular flexibility index (Phi) is 3.81. The summed E-state index contributed by atoms with van der Waals surface area (Å²) in [4.78, 5) is 12.3. The molecule has 1 atom stereocenters. The average Bonchev–Trinajstić information content (AvgIpc) is 2.85. The zero-order chi connectivity index (χ0) is 14.1. The van der Waals surface area contributed by atoms with Crippen LogP contribution in [0.25, 0.3) is 0 Å². The van der Waals surface area contributed by atoms with Gasteiger partial charge in [-0.3, -0.25) is 4.79 Å². The van der Waals surface area contributed by atoms with Crippen molar-refractivity contribution in [2.24, 2.45) is 0 Å². The number of benzene rings is 2. The van der Waals surface area contributed by atoms with Crippen LogP contribution in [0.1, 0.15) is 33.9 Å². The Morgan fingerprint density at radius 1 is 1.25 bits per heavy atom. The molecule has 20 heavy (non-hydrogen) atoms. The minimum Gasteiger partial charge on any atom is -0.345 e. The van der Waals surface area contributed by atoms with E-state index in [2.05, 4.69) is 33.4 Å². The van der Waals surface area contributed by atoms with Crippen LogP contribution in [0, 0.1) is 0 Å². The van der Waals surface area contributed by atoms with Gasteiger partial charge in [-0.15, -0.1) is 0 Å². The first kappa shape index (κ1) is 13.7. The minimum atomic E-state index is -0.0657. The summed E-state index contributed by atoms with van der Waals surface area (Å²) >= 11 is 9.28. The third kappa shape index (κ3) is 2.60.